The molecular weight excluding hydrogens is 302 g/mol. The first kappa shape index (κ1) is 11.0. The van der Waals surface area contributed by atoms with Crippen LogP contribution in [0.5, 0.6) is 11.5 Å². The quantitative estimate of drug-likeness (QED) is 0.805. The second kappa shape index (κ2) is 4.31. The number of aromatic nitrogens is 1. The van der Waals surface area contributed by atoms with Crippen molar-refractivity contribution in [2.45, 2.75) is 6.92 Å². The average Bonchev–Trinajstić information content (AvgIpc) is 2.75. The molecule has 5 heteroatoms. The van der Waals surface area contributed by atoms with E-state index in [1.165, 1.54) is 0 Å². The van der Waals surface area contributed by atoms with E-state index in [9.17, 15) is 0 Å². The molecule has 0 aliphatic carbocycles. The fraction of sp³-hybridized carbons (Fsp3) is 0.250. The fourth-order valence-corrected chi connectivity index (χ4v) is 2.85. The lowest BCUT2D eigenvalue weighted by Gasteiger charge is -2.19. The number of hydrogen-bond donors (Lipinski definition) is 0. The molecule has 0 atom stereocenters. The summed E-state index contributed by atoms with van der Waals surface area (Å²) >= 11 is 4.96. The Kier molecular flexibility index (Phi) is 2.80. The molecule has 88 valence electrons. The summed E-state index contributed by atoms with van der Waals surface area (Å²) in [6, 6.07) is 4.02. The molecule has 1 aliphatic rings. The Hall–Kier alpha value is -1.07. The molecule has 3 rings (SSSR count). The Labute approximate surface area is 112 Å². The highest BCUT2D eigenvalue weighted by Gasteiger charge is 2.16. The lowest BCUT2D eigenvalue weighted by molar-refractivity contribution is 0.171. The first-order valence-electron chi connectivity index (χ1n) is 5.25. The van der Waals surface area contributed by atoms with Crippen LogP contribution in [0.2, 0.25) is 0 Å². The van der Waals surface area contributed by atoms with Gasteiger partial charge in [0.25, 0.3) is 0 Å². The van der Waals surface area contributed by atoms with Crippen molar-refractivity contribution in [1.29, 1.82) is 0 Å². The Morgan fingerprint density at radius 2 is 1.94 bits per heavy atom. The van der Waals surface area contributed by atoms with E-state index in [-0.39, 0.29) is 0 Å². The minimum atomic E-state index is 0.607. The number of hydrogen-bond acceptors (Lipinski definition) is 4. The van der Waals surface area contributed by atoms with E-state index in [1.807, 2.05) is 17.5 Å². The second-order valence-corrected chi connectivity index (χ2v) is 5.93. The van der Waals surface area contributed by atoms with Crippen LogP contribution in [-0.4, -0.2) is 18.2 Å². The van der Waals surface area contributed by atoms with Crippen LogP contribution in [0.4, 0.5) is 0 Å². The zero-order valence-corrected chi connectivity index (χ0v) is 11.6. The van der Waals surface area contributed by atoms with Crippen molar-refractivity contribution >= 4 is 27.3 Å². The van der Waals surface area contributed by atoms with E-state index >= 15 is 0 Å². The maximum atomic E-state index is 5.59. The Morgan fingerprint density at radius 3 is 2.59 bits per heavy atom. The van der Waals surface area contributed by atoms with Gasteiger partial charge >= 0.3 is 0 Å². The summed E-state index contributed by atoms with van der Waals surface area (Å²) in [6.45, 7) is 3.28. The summed E-state index contributed by atoms with van der Waals surface area (Å²) in [4.78, 5) is 4.43. The number of thiazole rings is 1. The van der Waals surface area contributed by atoms with Crippen LogP contribution < -0.4 is 9.47 Å². The van der Waals surface area contributed by atoms with Gasteiger partial charge in [0.05, 0.1) is 5.69 Å². The van der Waals surface area contributed by atoms with Crippen LogP contribution in [0.15, 0.2) is 21.4 Å². The molecule has 2 heterocycles. The number of ether oxygens (including phenoxy) is 2. The van der Waals surface area contributed by atoms with Gasteiger partial charge in [0.1, 0.15) is 13.2 Å². The van der Waals surface area contributed by atoms with Crippen LogP contribution in [0.1, 0.15) is 5.56 Å². The van der Waals surface area contributed by atoms with Gasteiger partial charge in [-0.15, -0.1) is 11.3 Å². The lowest BCUT2D eigenvalue weighted by Crippen LogP contribution is -2.15. The van der Waals surface area contributed by atoms with Crippen LogP contribution in [0, 0.1) is 6.92 Å². The van der Waals surface area contributed by atoms with E-state index in [1.54, 1.807) is 11.3 Å². The van der Waals surface area contributed by atoms with E-state index in [0.717, 1.165) is 32.2 Å². The molecule has 2 aromatic rings. The van der Waals surface area contributed by atoms with Crippen molar-refractivity contribution in [2.75, 3.05) is 13.2 Å². The highest BCUT2D eigenvalue weighted by atomic mass is 79.9. The number of nitrogens with zero attached hydrogens (tertiary/aromatic N) is 1. The molecule has 0 saturated heterocycles. The standard InChI is InChI=1S/C12H10BrNO2S/c1-7-4-10-11(16-3-2-15-10)5-8(7)9-6-17-12(13)14-9/h4-6H,2-3H2,1H3. The molecule has 0 saturated carbocycles. The first-order chi connectivity index (χ1) is 8.24. The SMILES string of the molecule is Cc1cc2c(cc1-c1csc(Br)n1)OCCO2. The Morgan fingerprint density at radius 1 is 1.24 bits per heavy atom. The molecule has 0 fully saturated rings. The minimum absolute atomic E-state index is 0.607. The van der Waals surface area contributed by atoms with Gasteiger partial charge in [-0.3, -0.25) is 0 Å². The first-order valence-corrected chi connectivity index (χ1v) is 6.93. The molecule has 3 nitrogen and oxygen atoms in total. The summed E-state index contributed by atoms with van der Waals surface area (Å²) in [6.07, 6.45) is 0. The van der Waals surface area contributed by atoms with Gasteiger partial charge in [-0.1, -0.05) is 0 Å². The summed E-state index contributed by atoms with van der Waals surface area (Å²) in [5.74, 6) is 1.63. The number of rotatable bonds is 1. The zero-order valence-electron chi connectivity index (χ0n) is 9.20. The molecule has 1 aromatic carbocycles. The largest absolute Gasteiger partial charge is 0.486 e. The Balaban J connectivity index is 2.11. The topological polar surface area (TPSA) is 31.4 Å². The van der Waals surface area contributed by atoms with E-state index < -0.39 is 0 Å². The highest BCUT2D eigenvalue weighted by molar-refractivity contribution is 9.11. The predicted octanol–water partition coefficient (Wildman–Crippen LogP) is 3.65. The minimum Gasteiger partial charge on any atom is -0.486 e. The van der Waals surface area contributed by atoms with Crippen molar-refractivity contribution in [1.82, 2.24) is 4.98 Å². The molecule has 0 amide bonds. The van der Waals surface area contributed by atoms with Crippen LogP contribution in [0.25, 0.3) is 11.3 Å². The third-order valence-electron chi connectivity index (χ3n) is 2.64. The molecule has 0 radical (unpaired) electrons. The van der Waals surface area contributed by atoms with Crippen molar-refractivity contribution < 1.29 is 9.47 Å². The maximum Gasteiger partial charge on any atom is 0.162 e. The van der Waals surface area contributed by atoms with Gasteiger partial charge in [-0.05, 0) is 40.5 Å². The molecule has 0 bridgehead atoms. The van der Waals surface area contributed by atoms with Crippen molar-refractivity contribution in [3.8, 4) is 22.8 Å². The molecule has 1 aromatic heterocycles. The van der Waals surface area contributed by atoms with Gasteiger partial charge in [-0.25, -0.2) is 4.98 Å². The monoisotopic (exact) mass is 311 g/mol. The van der Waals surface area contributed by atoms with Crippen molar-refractivity contribution in [3.05, 3.63) is 27.0 Å². The number of benzene rings is 1. The zero-order chi connectivity index (χ0) is 11.8. The summed E-state index contributed by atoms with van der Waals surface area (Å²) in [5.41, 5.74) is 3.21. The maximum absolute atomic E-state index is 5.59. The van der Waals surface area contributed by atoms with Crippen molar-refractivity contribution in [2.24, 2.45) is 0 Å². The van der Waals surface area contributed by atoms with Crippen molar-refractivity contribution in [3.63, 3.8) is 0 Å². The Bertz CT molecular complexity index is 568. The molecular formula is C12H10BrNO2S. The molecule has 0 spiro atoms. The lowest BCUT2D eigenvalue weighted by atomic mass is 10.1. The smallest absolute Gasteiger partial charge is 0.162 e. The highest BCUT2D eigenvalue weighted by Crippen LogP contribution is 2.37. The van der Waals surface area contributed by atoms with Crippen LogP contribution in [-0.2, 0) is 0 Å². The van der Waals surface area contributed by atoms with Gasteiger partial charge in [-0.2, -0.15) is 0 Å². The third kappa shape index (κ3) is 2.05. The van der Waals surface area contributed by atoms with E-state index in [0.29, 0.717) is 13.2 Å². The number of aryl methyl sites for hydroxylation is 1. The van der Waals surface area contributed by atoms with Gasteiger partial charge in [0.2, 0.25) is 0 Å². The molecule has 1 aliphatic heterocycles. The number of halogens is 1. The molecule has 17 heavy (non-hydrogen) atoms. The molecule has 0 unspecified atom stereocenters. The summed E-state index contributed by atoms with van der Waals surface area (Å²) < 4.78 is 12.0. The van der Waals surface area contributed by atoms with Gasteiger partial charge in [0, 0.05) is 10.9 Å². The van der Waals surface area contributed by atoms with E-state index in [2.05, 4.69) is 27.8 Å². The van der Waals surface area contributed by atoms with Crippen LogP contribution >= 0.6 is 27.3 Å². The second-order valence-electron chi connectivity index (χ2n) is 3.80. The summed E-state index contributed by atoms with van der Waals surface area (Å²) in [7, 11) is 0. The van der Waals surface area contributed by atoms with Gasteiger partial charge in [0.15, 0.2) is 15.4 Å². The van der Waals surface area contributed by atoms with Gasteiger partial charge < -0.3 is 9.47 Å². The molecule has 0 N–H and O–H groups in total. The fourth-order valence-electron chi connectivity index (χ4n) is 1.84. The third-order valence-corrected chi connectivity index (χ3v) is 4.01. The summed E-state index contributed by atoms with van der Waals surface area (Å²) in [5, 5.41) is 2.03. The normalized spacial score (nSPS) is 13.8. The van der Waals surface area contributed by atoms with E-state index in [4.69, 9.17) is 9.47 Å². The van der Waals surface area contributed by atoms with Crippen LogP contribution in [0.3, 0.4) is 0 Å². The average molecular weight is 312 g/mol. The number of fused-ring (bicyclic) bond motifs is 1. The predicted molar refractivity (Wildman–Crippen MR) is 71.0 cm³/mol.